The number of pyridine rings is 2. The summed E-state index contributed by atoms with van der Waals surface area (Å²) in [4.78, 5) is 11.1. The first-order chi connectivity index (χ1) is 62.9. The van der Waals surface area contributed by atoms with Gasteiger partial charge >= 0.3 is 7.12 Å². The van der Waals surface area contributed by atoms with E-state index in [1.54, 1.807) is 0 Å². The van der Waals surface area contributed by atoms with E-state index in [0.717, 1.165) is 83.6 Å². The first kappa shape index (κ1) is 77.6. The van der Waals surface area contributed by atoms with E-state index in [0.29, 0.717) is 0 Å². The van der Waals surface area contributed by atoms with Gasteiger partial charge in [-0.3, -0.25) is 8.80 Å². The molecule has 1 aliphatic heterocycles. The fourth-order valence-electron chi connectivity index (χ4n) is 19.7. The zero-order chi connectivity index (χ0) is 85.7. The molecule has 0 aliphatic carbocycles. The maximum Gasteiger partial charge on any atom is 0.494 e. The summed E-state index contributed by atoms with van der Waals surface area (Å²) in [7, 11) is -0.459. The second-order valence-electron chi connectivity index (χ2n) is 34.4. The van der Waals surface area contributed by atoms with E-state index in [9.17, 15) is 0 Å². The van der Waals surface area contributed by atoms with E-state index in [2.05, 4.69) is 489 Å². The Bertz CT molecular complexity index is 8350. The van der Waals surface area contributed by atoms with E-state index in [-0.39, 0.29) is 0 Å². The SMILES string of the molecule is Brc1c2ccccc2c(-c2ccc(-c3ccccc3)cc2)c2ccccc12.CC1(C)OB(c2ccc3c4ccc5ccccc5c4c4nc(-c5ccccc5)c(-c5ccccc5)n4c3c2)OC1(C)C.c1ccc(-c2ccc(-c3c4ccccc4c(-c4ccc5c6ccc7ccccc7c6c6nc(-c7ccccc7)c(-c7ccccc7)n6c5c4)c4ccccc34)cc2)cc1. The van der Waals surface area contributed by atoms with Gasteiger partial charge in [-0.15, -0.1) is 0 Å². The Hall–Kier alpha value is -15.2. The highest BCUT2D eigenvalue weighted by molar-refractivity contribution is 9.10. The number of rotatable bonds is 10. The normalized spacial score (nSPS) is 13.1. The number of hydrogen-bond donors (Lipinski definition) is 0. The van der Waals surface area contributed by atoms with Gasteiger partial charge < -0.3 is 9.31 Å². The fourth-order valence-corrected chi connectivity index (χ4v) is 20.4. The summed E-state index contributed by atoms with van der Waals surface area (Å²) in [5, 5.41) is 21.9. The average Bonchev–Trinajstić information content (AvgIpc) is 1.37. The first-order valence-corrected chi connectivity index (χ1v) is 44.8. The fraction of sp³-hybridized carbons (Fsp3) is 0.0500. The van der Waals surface area contributed by atoms with E-state index < -0.39 is 18.3 Å². The average molecular weight is 1700 g/mol. The Labute approximate surface area is 751 Å². The van der Waals surface area contributed by atoms with Gasteiger partial charge in [0, 0.05) is 48.3 Å². The maximum atomic E-state index is 6.50. The zero-order valence-electron chi connectivity index (χ0n) is 71.1. The number of hydrogen-bond acceptors (Lipinski definition) is 4. The third-order valence-corrected chi connectivity index (χ3v) is 27.4. The monoisotopic (exact) mass is 1700 g/mol. The van der Waals surface area contributed by atoms with Gasteiger partial charge in [-0.1, -0.05) is 425 Å². The van der Waals surface area contributed by atoms with Crippen molar-refractivity contribution in [2.75, 3.05) is 0 Å². The molecule has 128 heavy (non-hydrogen) atoms. The quantitative estimate of drug-likeness (QED) is 0.0778. The molecular formula is C120H84BBrN4O2. The van der Waals surface area contributed by atoms with Crippen LogP contribution in [0.4, 0.5) is 0 Å². The molecule has 0 spiro atoms. The molecule has 0 saturated carbocycles. The minimum Gasteiger partial charge on any atom is -0.399 e. The highest BCUT2D eigenvalue weighted by Gasteiger charge is 2.52. The maximum absolute atomic E-state index is 6.50. The predicted molar refractivity (Wildman–Crippen MR) is 544 cm³/mol. The third-order valence-electron chi connectivity index (χ3n) is 26.5. The number of nitrogens with zero attached hydrogens (tertiary/aromatic N) is 4. The lowest BCUT2D eigenvalue weighted by Gasteiger charge is -2.32. The molecule has 0 unspecified atom stereocenters. The van der Waals surface area contributed by atoms with Crippen LogP contribution >= 0.6 is 15.9 Å². The minimum atomic E-state index is -0.459. The largest absolute Gasteiger partial charge is 0.494 e. The van der Waals surface area contributed by atoms with Crippen LogP contribution in [0.1, 0.15) is 27.7 Å². The van der Waals surface area contributed by atoms with Crippen molar-refractivity contribution in [1.82, 2.24) is 18.8 Å². The summed E-state index contributed by atoms with van der Waals surface area (Å²) in [6.45, 7) is 8.39. The van der Waals surface area contributed by atoms with Crippen molar-refractivity contribution in [1.29, 1.82) is 0 Å². The third kappa shape index (κ3) is 13.2. The molecule has 1 saturated heterocycles. The molecular weight excluding hydrogens is 1620 g/mol. The topological polar surface area (TPSA) is 53.1 Å². The van der Waals surface area contributed by atoms with E-state index >= 15 is 0 Å². The second kappa shape index (κ2) is 31.8. The van der Waals surface area contributed by atoms with Gasteiger partial charge in [-0.2, -0.15) is 0 Å². The van der Waals surface area contributed by atoms with Gasteiger partial charge in [0.15, 0.2) is 0 Å². The van der Waals surface area contributed by atoms with Crippen molar-refractivity contribution in [3.8, 4) is 101 Å². The Balaban J connectivity index is 0.000000118. The lowest BCUT2D eigenvalue weighted by molar-refractivity contribution is 0.00578. The summed E-state index contributed by atoms with van der Waals surface area (Å²) in [5.74, 6) is 0. The Morgan fingerprint density at radius 2 is 0.508 bits per heavy atom. The molecule has 0 N–H and O–H groups in total. The van der Waals surface area contributed by atoms with Crippen LogP contribution in [-0.2, 0) is 9.31 Å². The Morgan fingerprint density at radius 1 is 0.234 bits per heavy atom. The minimum absolute atomic E-state index is 0.422. The first-order valence-electron chi connectivity index (χ1n) is 44.0. The van der Waals surface area contributed by atoms with Crippen molar-refractivity contribution in [2.45, 2.75) is 38.9 Å². The van der Waals surface area contributed by atoms with Gasteiger partial charge in [-0.05, 0) is 192 Å². The highest BCUT2D eigenvalue weighted by Crippen LogP contribution is 2.50. The van der Waals surface area contributed by atoms with E-state index in [4.69, 9.17) is 19.3 Å². The second-order valence-corrected chi connectivity index (χ2v) is 35.2. The Kier molecular flexibility index (Phi) is 19.3. The number of benzene rings is 20. The van der Waals surface area contributed by atoms with Crippen LogP contribution in [0, 0.1) is 0 Å². The lowest BCUT2D eigenvalue weighted by atomic mass is 9.78. The van der Waals surface area contributed by atoms with Gasteiger partial charge in [0.25, 0.3) is 0 Å². The summed E-state index contributed by atoms with van der Waals surface area (Å²) in [5.41, 5.74) is 25.1. The van der Waals surface area contributed by atoms with Crippen LogP contribution in [-0.4, -0.2) is 37.1 Å². The molecule has 0 radical (unpaired) electrons. The molecule has 0 atom stereocenters. The lowest BCUT2D eigenvalue weighted by Crippen LogP contribution is -2.41. The van der Waals surface area contributed by atoms with Crippen LogP contribution in [0.15, 0.2) is 441 Å². The summed E-state index contributed by atoms with van der Waals surface area (Å²) in [6.07, 6.45) is 0. The molecule has 25 rings (SSSR count). The van der Waals surface area contributed by atoms with Gasteiger partial charge in [-0.25, -0.2) is 9.97 Å². The molecule has 5 heterocycles. The molecule has 0 bridgehead atoms. The predicted octanol–water partition coefficient (Wildman–Crippen LogP) is 32.0. The number of imidazole rings is 2. The highest BCUT2D eigenvalue weighted by atomic mass is 79.9. The van der Waals surface area contributed by atoms with Crippen LogP contribution in [0.3, 0.4) is 0 Å². The summed E-state index contributed by atoms with van der Waals surface area (Å²) < 4.78 is 19.0. The smallest absolute Gasteiger partial charge is 0.399 e. The van der Waals surface area contributed by atoms with Crippen LogP contribution in [0.5, 0.6) is 0 Å². The van der Waals surface area contributed by atoms with Crippen LogP contribution in [0.25, 0.3) is 220 Å². The van der Waals surface area contributed by atoms with Crippen molar-refractivity contribution in [3.05, 3.63) is 441 Å². The molecule has 20 aromatic carbocycles. The number of halogens is 1. The van der Waals surface area contributed by atoms with Crippen molar-refractivity contribution in [3.63, 3.8) is 0 Å². The molecule has 0 amide bonds. The number of fused-ring (bicyclic) bond motifs is 20. The van der Waals surface area contributed by atoms with Crippen LogP contribution < -0.4 is 5.46 Å². The van der Waals surface area contributed by atoms with Crippen molar-refractivity contribution in [2.24, 2.45) is 0 Å². The number of aromatic nitrogens is 4. The van der Waals surface area contributed by atoms with Crippen molar-refractivity contribution >= 4 is 148 Å². The zero-order valence-corrected chi connectivity index (χ0v) is 72.7. The van der Waals surface area contributed by atoms with E-state index in [1.807, 2.05) is 0 Å². The van der Waals surface area contributed by atoms with E-state index in [1.165, 1.54) is 146 Å². The van der Waals surface area contributed by atoms with Gasteiger partial charge in [0.1, 0.15) is 11.3 Å². The molecule has 8 heteroatoms. The molecule has 6 nitrogen and oxygen atoms in total. The Morgan fingerprint density at radius 3 is 0.891 bits per heavy atom. The van der Waals surface area contributed by atoms with Gasteiger partial charge in [0.05, 0.1) is 45.0 Å². The van der Waals surface area contributed by atoms with Crippen LogP contribution in [0.2, 0.25) is 0 Å². The summed E-state index contributed by atoms with van der Waals surface area (Å²) in [6, 6.07) is 157. The molecule has 1 aliphatic rings. The molecule has 1 fully saturated rings. The standard InChI is InChI=1S/C57H36N2.C37H31BN2O2.C26H17Br/c1-4-16-37(17-5-1)38-28-30-40(31-29-38)52-46-24-12-14-26-48(46)53(49-27-15-13-25-47(49)52)43-33-34-45-50-35-32-39-18-10-11-23-44(39)54(50)57-58-55(41-19-6-2-7-20-41)56(59(57)51(45)36-43)42-21-8-3-9-22-42;1-36(2)37(3,4)42-38(41-36)27-20-22-29-30-21-19-24-13-11-12-18-28(24)32(30)35-39-33(25-14-7-5-8-15-25)34(40(35)31(29)23-27)26-16-9-6-10-17-26;27-26-23-12-6-4-10-21(23)25(22-11-5-7-13-24(22)26)20-16-14-19(15-17-20)18-8-2-1-3-9-18/h1-36H;5-23H,1-4H3;1-17H. The molecule has 24 aromatic rings. The molecule has 606 valence electrons. The molecule has 4 aromatic heterocycles. The summed E-state index contributed by atoms with van der Waals surface area (Å²) >= 11 is 3.83. The van der Waals surface area contributed by atoms with Gasteiger partial charge in [0.2, 0.25) is 0 Å². The van der Waals surface area contributed by atoms with Crippen molar-refractivity contribution < 1.29 is 9.31 Å².